The molecule has 0 amide bonds. The van der Waals surface area contributed by atoms with Crippen LogP contribution < -0.4 is 10.6 Å². The molecular formula is C14H20N2O3S2. The Labute approximate surface area is 132 Å². The minimum absolute atomic E-state index is 0.0295. The van der Waals surface area contributed by atoms with E-state index in [0.29, 0.717) is 16.9 Å². The van der Waals surface area contributed by atoms with Crippen molar-refractivity contribution in [3.63, 3.8) is 0 Å². The molecule has 116 valence electrons. The lowest BCUT2D eigenvalue weighted by atomic mass is 10.1. The number of hydrogen-bond acceptors (Lipinski definition) is 7. The summed E-state index contributed by atoms with van der Waals surface area (Å²) in [7, 11) is 1.34. The number of nitrogens with zero attached hydrogens (tertiary/aromatic N) is 1. The smallest absolute Gasteiger partial charge is 0.343 e. The van der Waals surface area contributed by atoms with Crippen molar-refractivity contribution in [3.8, 4) is 0 Å². The van der Waals surface area contributed by atoms with E-state index in [-0.39, 0.29) is 11.5 Å². The zero-order valence-corrected chi connectivity index (χ0v) is 13.9. The first-order chi connectivity index (χ1) is 10.1. The van der Waals surface area contributed by atoms with E-state index >= 15 is 0 Å². The maximum atomic E-state index is 12.1. The Morgan fingerprint density at radius 1 is 1.33 bits per heavy atom. The first-order valence-corrected chi connectivity index (χ1v) is 8.93. The van der Waals surface area contributed by atoms with Gasteiger partial charge >= 0.3 is 5.97 Å². The van der Waals surface area contributed by atoms with Crippen molar-refractivity contribution in [2.24, 2.45) is 0 Å². The Morgan fingerprint density at radius 3 is 2.76 bits per heavy atom. The number of Topliss-reactive ketones (excluding diaryl/α,β-unsaturated/α-hetero) is 1. The highest BCUT2D eigenvalue weighted by atomic mass is 32.2. The van der Waals surface area contributed by atoms with Crippen LogP contribution in [0.25, 0.3) is 0 Å². The van der Waals surface area contributed by atoms with Crippen LogP contribution >= 0.6 is 23.1 Å². The van der Waals surface area contributed by atoms with Crippen LogP contribution in [-0.2, 0) is 4.74 Å². The summed E-state index contributed by atoms with van der Waals surface area (Å²) in [5.74, 6) is 1.63. The molecule has 21 heavy (non-hydrogen) atoms. The zero-order chi connectivity index (χ0) is 15.4. The highest BCUT2D eigenvalue weighted by Crippen LogP contribution is 2.40. The molecule has 1 aliphatic rings. The third-order valence-electron chi connectivity index (χ3n) is 3.40. The van der Waals surface area contributed by atoms with Gasteiger partial charge in [0.2, 0.25) is 0 Å². The van der Waals surface area contributed by atoms with E-state index in [2.05, 4.69) is 4.90 Å². The number of thioether (sulfide) groups is 1. The van der Waals surface area contributed by atoms with E-state index in [1.165, 1.54) is 18.4 Å². The van der Waals surface area contributed by atoms with Gasteiger partial charge in [-0.3, -0.25) is 4.79 Å². The lowest BCUT2D eigenvalue weighted by Crippen LogP contribution is -2.26. The summed E-state index contributed by atoms with van der Waals surface area (Å²) < 4.78 is 4.85. The van der Waals surface area contributed by atoms with Gasteiger partial charge in [0.25, 0.3) is 0 Å². The van der Waals surface area contributed by atoms with Gasteiger partial charge in [-0.25, -0.2) is 4.79 Å². The maximum absolute atomic E-state index is 12.1. The van der Waals surface area contributed by atoms with Crippen molar-refractivity contribution in [3.05, 3.63) is 10.4 Å². The van der Waals surface area contributed by atoms with Crippen LogP contribution in [0.3, 0.4) is 0 Å². The fourth-order valence-corrected chi connectivity index (χ4v) is 4.43. The van der Waals surface area contributed by atoms with Crippen LogP contribution in [0.1, 0.15) is 39.8 Å². The van der Waals surface area contributed by atoms with Gasteiger partial charge < -0.3 is 15.4 Å². The largest absolute Gasteiger partial charge is 0.465 e. The van der Waals surface area contributed by atoms with Crippen LogP contribution in [0.15, 0.2) is 0 Å². The molecule has 7 heteroatoms. The van der Waals surface area contributed by atoms with E-state index in [4.69, 9.17) is 10.5 Å². The first kappa shape index (κ1) is 16.2. The summed E-state index contributed by atoms with van der Waals surface area (Å²) in [6.07, 6.45) is 1.43. The van der Waals surface area contributed by atoms with Crippen LogP contribution in [-0.4, -0.2) is 43.5 Å². The van der Waals surface area contributed by atoms with Gasteiger partial charge in [0.15, 0.2) is 5.78 Å². The van der Waals surface area contributed by atoms with Crippen molar-refractivity contribution in [1.29, 1.82) is 0 Å². The number of carbonyl (C=O) groups is 2. The van der Waals surface area contributed by atoms with Crippen LogP contribution in [0.2, 0.25) is 0 Å². The quantitative estimate of drug-likeness (QED) is 0.677. The molecule has 2 heterocycles. The molecule has 0 unspecified atom stereocenters. The highest BCUT2D eigenvalue weighted by molar-refractivity contribution is 7.99. The second-order valence-corrected chi connectivity index (χ2v) is 6.97. The minimum atomic E-state index is -0.467. The Morgan fingerprint density at radius 2 is 2.10 bits per heavy atom. The lowest BCUT2D eigenvalue weighted by Gasteiger charge is -2.21. The number of nitrogen functional groups attached to an aromatic ring is 1. The summed E-state index contributed by atoms with van der Waals surface area (Å²) in [6, 6.07) is 0. The molecule has 0 atom stereocenters. The molecule has 1 saturated heterocycles. The van der Waals surface area contributed by atoms with Crippen LogP contribution in [0.4, 0.5) is 10.7 Å². The summed E-state index contributed by atoms with van der Waals surface area (Å²) >= 11 is 3.22. The average molecular weight is 328 g/mol. The van der Waals surface area contributed by atoms with Gasteiger partial charge in [-0.2, -0.15) is 11.8 Å². The average Bonchev–Trinajstić information content (AvgIpc) is 2.69. The monoisotopic (exact) mass is 328 g/mol. The molecule has 2 rings (SSSR count). The number of ketones is 1. The Balaban J connectivity index is 2.46. The number of methoxy groups -OCH3 is 1. The van der Waals surface area contributed by atoms with Crippen molar-refractivity contribution in [2.75, 3.05) is 42.3 Å². The molecule has 1 fully saturated rings. The van der Waals surface area contributed by atoms with E-state index in [0.717, 1.165) is 36.0 Å². The Bertz CT molecular complexity index is 535. The number of carbonyl (C=O) groups excluding carboxylic acids is 2. The van der Waals surface area contributed by atoms with Gasteiger partial charge in [0.1, 0.15) is 10.6 Å². The van der Waals surface area contributed by atoms with Gasteiger partial charge in [0.05, 0.1) is 17.7 Å². The molecule has 2 N–H and O–H groups in total. The minimum Gasteiger partial charge on any atom is -0.465 e. The predicted octanol–water partition coefficient (Wildman–Crippen LogP) is 2.65. The molecule has 0 aliphatic carbocycles. The molecule has 0 saturated carbocycles. The molecule has 1 aromatic rings. The normalized spacial score (nSPS) is 15.6. The number of rotatable bonds is 4. The highest BCUT2D eigenvalue weighted by Gasteiger charge is 2.28. The molecule has 0 bridgehead atoms. The van der Waals surface area contributed by atoms with Gasteiger partial charge in [-0.15, -0.1) is 11.3 Å². The molecule has 5 nitrogen and oxygen atoms in total. The van der Waals surface area contributed by atoms with Crippen molar-refractivity contribution in [1.82, 2.24) is 0 Å². The number of thiophene rings is 1. The van der Waals surface area contributed by atoms with E-state index in [1.807, 2.05) is 11.8 Å². The van der Waals surface area contributed by atoms with Gasteiger partial charge in [0, 0.05) is 25.3 Å². The first-order valence-electron chi connectivity index (χ1n) is 6.96. The van der Waals surface area contributed by atoms with Crippen molar-refractivity contribution >= 4 is 45.5 Å². The van der Waals surface area contributed by atoms with Crippen LogP contribution in [0.5, 0.6) is 0 Å². The number of ether oxygens (including phenoxy) is 1. The fourth-order valence-electron chi connectivity index (χ4n) is 2.27. The maximum Gasteiger partial charge on any atom is 0.343 e. The number of anilines is 2. The summed E-state index contributed by atoms with van der Waals surface area (Å²) in [5, 5.41) is 0.777. The Hall–Kier alpha value is -1.21. The summed E-state index contributed by atoms with van der Waals surface area (Å²) in [6.45, 7) is 3.52. The molecule has 0 aromatic carbocycles. The second-order valence-electron chi connectivity index (χ2n) is 4.75. The van der Waals surface area contributed by atoms with Gasteiger partial charge in [-0.05, 0) is 12.2 Å². The summed E-state index contributed by atoms with van der Waals surface area (Å²) in [5.41, 5.74) is 6.68. The van der Waals surface area contributed by atoms with Crippen molar-refractivity contribution < 1.29 is 14.3 Å². The van der Waals surface area contributed by atoms with Gasteiger partial charge in [-0.1, -0.05) is 6.92 Å². The van der Waals surface area contributed by atoms with Crippen molar-refractivity contribution in [2.45, 2.75) is 19.8 Å². The molecule has 1 aliphatic heterocycles. The lowest BCUT2D eigenvalue weighted by molar-refractivity contribution is 0.0603. The Kier molecular flexibility index (Phi) is 5.52. The third-order valence-corrected chi connectivity index (χ3v) is 5.76. The second kappa shape index (κ2) is 7.17. The predicted molar refractivity (Wildman–Crippen MR) is 88.8 cm³/mol. The standard InChI is InChI=1S/C14H20N2O3S2/c1-3-9(17)12-11(15)10(14(18)19-2)13(21-12)16-5-4-7-20-8-6-16/h3-8,15H2,1-2H3. The zero-order valence-electron chi connectivity index (χ0n) is 12.3. The van der Waals surface area contributed by atoms with E-state index < -0.39 is 5.97 Å². The SMILES string of the molecule is CCC(=O)c1sc(N2CCCSCC2)c(C(=O)OC)c1N. The third kappa shape index (κ3) is 3.35. The van der Waals surface area contributed by atoms with E-state index in [1.54, 1.807) is 6.92 Å². The fraction of sp³-hybridized carbons (Fsp3) is 0.571. The van der Waals surface area contributed by atoms with Crippen LogP contribution in [0, 0.1) is 0 Å². The number of esters is 1. The topological polar surface area (TPSA) is 72.6 Å². The number of hydrogen-bond donors (Lipinski definition) is 1. The molecular weight excluding hydrogens is 308 g/mol. The molecule has 0 spiro atoms. The number of nitrogens with two attached hydrogens (primary N) is 1. The van der Waals surface area contributed by atoms with E-state index in [9.17, 15) is 9.59 Å². The summed E-state index contributed by atoms with van der Waals surface area (Å²) in [4.78, 5) is 26.7. The molecule has 0 radical (unpaired) electrons. The molecule has 1 aromatic heterocycles.